The van der Waals surface area contributed by atoms with Gasteiger partial charge in [-0.25, -0.2) is 14.8 Å². The largest absolute Gasteiger partial charge is 0.477 e. The van der Waals surface area contributed by atoms with E-state index in [4.69, 9.17) is 4.74 Å². The summed E-state index contributed by atoms with van der Waals surface area (Å²) in [6.45, 7) is 0.531. The van der Waals surface area contributed by atoms with E-state index < -0.39 is 5.97 Å². The second-order valence-corrected chi connectivity index (χ2v) is 5.98. The molecule has 0 radical (unpaired) electrons. The van der Waals surface area contributed by atoms with Crippen LogP contribution in [0.3, 0.4) is 0 Å². The number of ether oxygens (including phenoxy) is 1. The molecule has 0 saturated heterocycles. The van der Waals surface area contributed by atoms with Crippen molar-refractivity contribution >= 4 is 5.97 Å². The molecule has 102 valence electrons. The molecule has 5 nitrogen and oxygen atoms in total. The third-order valence-corrected chi connectivity index (χ3v) is 5.37. The zero-order valence-electron chi connectivity index (χ0n) is 10.4. The first-order valence-electron chi connectivity index (χ1n) is 6.73. The van der Waals surface area contributed by atoms with E-state index in [1.165, 1.54) is 31.9 Å². The molecule has 0 bridgehead atoms. The Bertz CT molecular complexity index is 516. The van der Waals surface area contributed by atoms with Gasteiger partial charge >= 0.3 is 5.97 Å². The average Bonchev–Trinajstić information content (AvgIpc) is 3.36. The van der Waals surface area contributed by atoms with Gasteiger partial charge in [-0.05, 0) is 48.9 Å². The summed E-state index contributed by atoms with van der Waals surface area (Å²) < 4.78 is 17.4. The van der Waals surface area contributed by atoms with Gasteiger partial charge in [-0.1, -0.05) is 0 Å². The summed E-state index contributed by atoms with van der Waals surface area (Å²) in [6, 6.07) is 0. The molecule has 2 spiro atoms. The molecule has 3 aliphatic carbocycles. The summed E-state index contributed by atoms with van der Waals surface area (Å²) in [5.41, 5.74) is 1.32. The van der Waals surface area contributed by atoms with Gasteiger partial charge in [-0.15, -0.1) is 0 Å². The minimum atomic E-state index is -1.08. The molecule has 0 aliphatic heterocycles. The number of hydrogen-bond acceptors (Lipinski definition) is 4. The van der Waals surface area contributed by atoms with Crippen LogP contribution in [0.2, 0.25) is 0 Å². The van der Waals surface area contributed by atoms with E-state index in [1.807, 2.05) is 0 Å². The summed E-state index contributed by atoms with van der Waals surface area (Å²) in [5, 5.41) is 6.22. The van der Waals surface area contributed by atoms with Crippen LogP contribution in [-0.4, -0.2) is 22.8 Å². The minimum absolute atomic E-state index is 0.000525. The maximum atomic E-state index is 11.9. The second kappa shape index (κ2) is 3.49. The highest BCUT2D eigenvalue weighted by molar-refractivity contribution is 5.91. The molecule has 6 heteroatoms. The molecule has 1 N–H and O–H groups in total. The Hall–Kier alpha value is -1.59. The zero-order chi connectivity index (χ0) is 13.1. The van der Waals surface area contributed by atoms with Gasteiger partial charge in [0.05, 0.1) is 12.8 Å². The molecule has 4 rings (SSSR count). The highest BCUT2D eigenvalue weighted by Crippen LogP contribution is 2.93. The van der Waals surface area contributed by atoms with Gasteiger partial charge < -0.3 is 4.74 Å². The van der Waals surface area contributed by atoms with Crippen LogP contribution < -0.4 is 4.74 Å². The van der Waals surface area contributed by atoms with Crippen molar-refractivity contribution in [1.82, 2.24) is 10.2 Å². The van der Waals surface area contributed by atoms with E-state index in [2.05, 4.69) is 15.1 Å². The first-order chi connectivity index (χ1) is 9.23. The topological polar surface area (TPSA) is 64.2 Å². The zero-order valence-corrected chi connectivity index (χ0v) is 10.4. The van der Waals surface area contributed by atoms with Crippen LogP contribution in [0.25, 0.3) is 0 Å². The van der Waals surface area contributed by atoms with E-state index in [-0.39, 0.29) is 11.4 Å². The van der Waals surface area contributed by atoms with E-state index in [1.54, 1.807) is 0 Å². The van der Waals surface area contributed by atoms with E-state index in [0.717, 1.165) is 12.3 Å². The molecule has 3 saturated carbocycles. The molecule has 1 aromatic rings. The van der Waals surface area contributed by atoms with Crippen LogP contribution in [0.4, 0.5) is 4.53 Å². The third kappa shape index (κ3) is 1.40. The van der Waals surface area contributed by atoms with Gasteiger partial charge in [0.1, 0.15) is 5.56 Å². The van der Waals surface area contributed by atoms with Crippen LogP contribution in [-0.2, 0) is 4.94 Å². The van der Waals surface area contributed by atoms with Crippen LogP contribution in [0.5, 0.6) is 5.88 Å². The molecule has 3 fully saturated rings. The lowest BCUT2D eigenvalue weighted by Crippen LogP contribution is -2.05. The third-order valence-electron chi connectivity index (χ3n) is 5.37. The Morgan fingerprint density at radius 1 is 1.42 bits per heavy atom. The van der Waals surface area contributed by atoms with Crippen molar-refractivity contribution in [3.63, 3.8) is 0 Å². The Morgan fingerprint density at radius 3 is 2.68 bits per heavy atom. The van der Waals surface area contributed by atoms with Crippen molar-refractivity contribution in [3.05, 3.63) is 11.8 Å². The molecule has 0 unspecified atom stereocenters. The number of halogens is 1. The predicted octanol–water partition coefficient (Wildman–Crippen LogP) is 2.41. The average molecular weight is 266 g/mol. The fraction of sp³-hybridized carbons (Fsp3) is 0.692. The van der Waals surface area contributed by atoms with Crippen LogP contribution in [0.15, 0.2) is 6.20 Å². The maximum absolute atomic E-state index is 11.9. The normalized spacial score (nSPS) is 24.5. The predicted molar refractivity (Wildman–Crippen MR) is 62.0 cm³/mol. The maximum Gasteiger partial charge on any atom is 0.386 e. The molecule has 1 aromatic heterocycles. The van der Waals surface area contributed by atoms with Crippen LogP contribution >= 0.6 is 0 Å². The van der Waals surface area contributed by atoms with Crippen LogP contribution in [0.1, 0.15) is 42.5 Å². The van der Waals surface area contributed by atoms with Crippen molar-refractivity contribution in [3.8, 4) is 5.88 Å². The first kappa shape index (κ1) is 11.3. The molecule has 3 aliphatic rings. The number of hydrogen-bond donors (Lipinski definition) is 1. The number of carbonyl (C=O) groups excluding carboxylic acids is 1. The number of H-pyrrole nitrogens is 1. The lowest BCUT2D eigenvalue weighted by molar-refractivity contribution is -0.0790. The van der Waals surface area contributed by atoms with Gasteiger partial charge in [-0.3, -0.25) is 0 Å². The Kier molecular flexibility index (Phi) is 2.07. The summed E-state index contributed by atoms with van der Waals surface area (Å²) in [5.74, 6) is -0.0926. The van der Waals surface area contributed by atoms with Crippen molar-refractivity contribution in [2.45, 2.75) is 32.1 Å². The summed E-state index contributed by atoms with van der Waals surface area (Å²) >= 11 is 0. The Balaban J connectivity index is 1.34. The monoisotopic (exact) mass is 266 g/mol. The van der Waals surface area contributed by atoms with Gasteiger partial charge in [0.15, 0.2) is 0 Å². The Morgan fingerprint density at radius 2 is 2.11 bits per heavy atom. The summed E-state index contributed by atoms with van der Waals surface area (Å²) in [7, 11) is 0. The SMILES string of the molecule is O=C(OF)c1cn[nH]c1OCCC1C2(CC2)C12CC2. The van der Waals surface area contributed by atoms with Gasteiger partial charge in [-0.2, -0.15) is 5.10 Å². The lowest BCUT2D eigenvalue weighted by Gasteiger charge is -2.04. The van der Waals surface area contributed by atoms with Crippen molar-refractivity contribution < 1.29 is 19.0 Å². The molecule has 19 heavy (non-hydrogen) atoms. The molecule has 0 atom stereocenters. The highest BCUT2D eigenvalue weighted by Gasteiger charge is 2.85. The van der Waals surface area contributed by atoms with E-state index in [9.17, 15) is 9.32 Å². The number of fused-ring (bicyclic) bond motifs is 1. The lowest BCUT2D eigenvalue weighted by atomic mass is 10.2. The number of aromatic amines is 1. The fourth-order valence-electron chi connectivity index (χ4n) is 4.21. The highest BCUT2D eigenvalue weighted by atomic mass is 19.3. The van der Waals surface area contributed by atoms with Gasteiger partial charge in [0, 0.05) is 4.53 Å². The number of rotatable bonds is 5. The molecule has 0 aromatic carbocycles. The summed E-state index contributed by atoms with van der Waals surface area (Å²) in [6.07, 6.45) is 7.72. The number of nitrogens with zero attached hydrogens (tertiary/aromatic N) is 1. The van der Waals surface area contributed by atoms with Crippen molar-refractivity contribution in [2.24, 2.45) is 16.7 Å². The first-order valence-corrected chi connectivity index (χ1v) is 6.73. The quantitative estimate of drug-likeness (QED) is 0.888. The van der Waals surface area contributed by atoms with Crippen LogP contribution in [0, 0.1) is 16.7 Å². The van der Waals surface area contributed by atoms with Crippen molar-refractivity contribution in [1.29, 1.82) is 0 Å². The summed E-state index contributed by atoms with van der Waals surface area (Å²) in [4.78, 5) is 14.3. The molecule has 0 amide bonds. The molecular formula is C13H15FN2O3. The van der Waals surface area contributed by atoms with Gasteiger partial charge in [0.25, 0.3) is 0 Å². The molecule has 1 heterocycles. The number of carbonyl (C=O) groups is 1. The van der Waals surface area contributed by atoms with Crippen molar-refractivity contribution in [2.75, 3.05) is 6.61 Å². The second-order valence-electron chi connectivity index (χ2n) is 5.98. The Labute approximate surface area is 109 Å². The van der Waals surface area contributed by atoms with Gasteiger partial charge in [0.2, 0.25) is 5.88 Å². The molecular weight excluding hydrogens is 251 g/mol. The number of aromatic nitrogens is 2. The van der Waals surface area contributed by atoms with E-state index in [0.29, 0.717) is 17.4 Å². The minimum Gasteiger partial charge on any atom is -0.477 e. The standard InChI is InChI=1S/C13H15FN2O3/c14-19-11(17)8-7-15-16-10(8)18-6-1-9-12(2-3-12)13(9)4-5-13/h7,9H,1-6H2,(H,15,16). The van der Waals surface area contributed by atoms with E-state index >= 15 is 0 Å². The smallest absolute Gasteiger partial charge is 0.386 e. The fourth-order valence-corrected chi connectivity index (χ4v) is 4.21. The number of nitrogens with one attached hydrogen (secondary N) is 1.